The normalized spacial score (nSPS) is 24.3. The molecule has 0 spiro atoms. The minimum Gasteiger partial charge on any atom is -0.334 e. The van der Waals surface area contributed by atoms with Gasteiger partial charge < -0.3 is 9.88 Å². The molecule has 0 aliphatic heterocycles. The second-order valence-corrected chi connectivity index (χ2v) is 5.81. The van der Waals surface area contributed by atoms with Crippen LogP contribution in [0.25, 0.3) is 0 Å². The highest BCUT2D eigenvalue weighted by atomic mass is 15.1. The van der Waals surface area contributed by atoms with Crippen LogP contribution in [0, 0.1) is 11.8 Å². The maximum atomic E-state index is 4.43. The van der Waals surface area contributed by atoms with Gasteiger partial charge in [-0.1, -0.05) is 26.7 Å². The molecule has 0 amide bonds. The molecule has 2 atom stereocenters. The van der Waals surface area contributed by atoms with E-state index in [1.54, 1.807) is 0 Å². The Balaban J connectivity index is 1.72. The minimum atomic E-state index is 0.878. The number of hydrogen-bond donors (Lipinski definition) is 1. The van der Waals surface area contributed by atoms with Gasteiger partial charge in [-0.05, 0) is 37.6 Å². The summed E-state index contributed by atoms with van der Waals surface area (Å²) in [5.74, 6) is 2.98. The van der Waals surface area contributed by atoms with Crippen LogP contribution in [0.5, 0.6) is 0 Å². The predicted molar refractivity (Wildman–Crippen MR) is 75.3 cm³/mol. The third kappa shape index (κ3) is 3.84. The molecule has 1 aromatic rings. The van der Waals surface area contributed by atoms with Crippen molar-refractivity contribution in [1.82, 2.24) is 14.9 Å². The first-order valence-electron chi connectivity index (χ1n) is 7.50. The summed E-state index contributed by atoms with van der Waals surface area (Å²) in [6, 6.07) is 0. The quantitative estimate of drug-likeness (QED) is 0.839. The maximum Gasteiger partial charge on any atom is 0.122 e. The van der Waals surface area contributed by atoms with E-state index in [1.807, 2.05) is 6.20 Å². The van der Waals surface area contributed by atoms with Crippen LogP contribution in [0.1, 0.15) is 51.8 Å². The number of nitrogens with one attached hydrogen (secondary N) is 1. The Bertz CT molecular complexity index is 345. The average molecular weight is 249 g/mol. The second-order valence-electron chi connectivity index (χ2n) is 5.81. The molecule has 2 rings (SSSR count). The molecule has 3 heteroatoms. The molecule has 2 unspecified atom stereocenters. The molecule has 1 fully saturated rings. The number of rotatable bonds is 6. The highest BCUT2D eigenvalue weighted by molar-refractivity contribution is 4.92. The lowest BCUT2D eigenvalue weighted by molar-refractivity contribution is 0.273. The predicted octanol–water partition coefficient (Wildman–Crippen LogP) is 3.21. The van der Waals surface area contributed by atoms with Crippen molar-refractivity contribution in [2.75, 3.05) is 6.54 Å². The van der Waals surface area contributed by atoms with Crippen molar-refractivity contribution in [3.05, 3.63) is 18.2 Å². The summed E-state index contributed by atoms with van der Waals surface area (Å²) in [5.41, 5.74) is 0. The van der Waals surface area contributed by atoms with E-state index in [-0.39, 0.29) is 0 Å². The van der Waals surface area contributed by atoms with Gasteiger partial charge in [-0.2, -0.15) is 0 Å². The molecule has 1 aliphatic carbocycles. The Morgan fingerprint density at radius 1 is 1.44 bits per heavy atom. The average Bonchev–Trinajstić information content (AvgIpc) is 2.78. The molecule has 0 bridgehead atoms. The molecule has 1 saturated carbocycles. The molecule has 0 radical (unpaired) electrons. The monoisotopic (exact) mass is 249 g/mol. The molecule has 0 aromatic carbocycles. The molecule has 1 heterocycles. The Morgan fingerprint density at radius 3 is 3.11 bits per heavy atom. The van der Waals surface area contributed by atoms with Crippen LogP contribution in [-0.2, 0) is 13.1 Å². The first-order valence-corrected chi connectivity index (χ1v) is 7.50. The zero-order valence-electron chi connectivity index (χ0n) is 11.9. The van der Waals surface area contributed by atoms with Crippen molar-refractivity contribution in [2.24, 2.45) is 11.8 Å². The highest BCUT2D eigenvalue weighted by Gasteiger charge is 2.18. The van der Waals surface area contributed by atoms with Crippen LogP contribution in [0.3, 0.4) is 0 Å². The number of hydrogen-bond acceptors (Lipinski definition) is 2. The van der Waals surface area contributed by atoms with Crippen molar-refractivity contribution in [3.63, 3.8) is 0 Å². The van der Waals surface area contributed by atoms with Crippen LogP contribution in [-0.4, -0.2) is 16.1 Å². The lowest BCUT2D eigenvalue weighted by Gasteiger charge is -2.26. The lowest BCUT2D eigenvalue weighted by atomic mass is 9.82. The van der Waals surface area contributed by atoms with Crippen LogP contribution < -0.4 is 5.32 Å². The fourth-order valence-corrected chi connectivity index (χ4v) is 3.08. The lowest BCUT2D eigenvalue weighted by Crippen LogP contribution is -2.27. The standard InChI is InChI=1S/C15H27N3/c1-3-8-18-9-7-17-15(18)12-16-11-14-6-4-5-13(2)10-14/h7,9,13-14,16H,3-6,8,10-12H2,1-2H3. The fraction of sp³-hybridized carbons (Fsp3) is 0.800. The van der Waals surface area contributed by atoms with Crippen LogP contribution in [0.4, 0.5) is 0 Å². The summed E-state index contributed by atoms with van der Waals surface area (Å²) in [7, 11) is 0. The van der Waals surface area contributed by atoms with Gasteiger partial charge in [0.15, 0.2) is 0 Å². The van der Waals surface area contributed by atoms with Gasteiger partial charge in [-0.15, -0.1) is 0 Å². The number of imidazole rings is 1. The van der Waals surface area contributed by atoms with Gasteiger partial charge in [0, 0.05) is 18.9 Å². The van der Waals surface area contributed by atoms with Crippen molar-refractivity contribution in [3.8, 4) is 0 Å². The first-order chi connectivity index (χ1) is 8.79. The van der Waals surface area contributed by atoms with E-state index in [0.717, 1.165) is 31.5 Å². The third-order valence-corrected chi connectivity index (χ3v) is 4.03. The number of nitrogens with zero attached hydrogens (tertiary/aromatic N) is 2. The van der Waals surface area contributed by atoms with Gasteiger partial charge in [0.2, 0.25) is 0 Å². The van der Waals surface area contributed by atoms with E-state index >= 15 is 0 Å². The topological polar surface area (TPSA) is 29.9 Å². The molecule has 1 aliphatic rings. The van der Waals surface area contributed by atoms with Crippen LogP contribution in [0.15, 0.2) is 12.4 Å². The Morgan fingerprint density at radius 2 is 2.33 bits per heavy atom. The van der Waals surface area contributed by atoms with Gasteiger partial charge in [-0.25, -0.2) is 4.98 Å². The highest BCUT2D eigenvalue weighted by Crippen LogP contribution is 2.27. The summed E-state index contributed by atoms with van der Waals surface area (Å²) in [6.45, 7) is 7.75. The first kappa shape index (κ1) is 13.6. The van der Waals surface area contributed by atoms with Crippen LogP contribution in [0.2, 0.25) is 0 Å². The van der Waals surface area contributed by atoms with Crippen molar-refractivity contribution in [2.45, 2.75) is 59.0 Å². The molecular weight excluding hydrogens is 222 g/mol. The smallest absolute Gasteiger partial charge is 0.122 e. The van der Waals surface area contributed by atoms with Gasteiger partial charge in [0.1, 0.15) is 5.82 Å². The Kier molecular flexibility index (Phi) is 5.24. The van der Waals surface area contributed by atoms with Crippen LogP contribution >= 0.6 is 0 Å². The summed E-state index contributed by atoms with van der Waals surface area (Å²) in [6.07, 6.45) is 10.8. The molecular formula is C15H27N3. The maximum absolute atomic E-state index is 4.43. The molecule has 1 aromatic heterocycles. The zero-order valence-corrected chi connectivity index (χ0v) is 11.9. The molecule has 102 valence electrons. The zero-order chi connectivity index (χ0) is 12.8. The summed E-state index contributed by atoms with van der Waals surface area (Å²) >= 11 is 0. The van der Waals surface area contributed by atoms with E-state index in [0.29, 0.717) is 0 Å². The molecule has 3 nitrogen and oxygen atoms in total. The van der Waals surface area contributed by atoms with E-state index in [2.05, 4.69) is 34.9 Å². The van der Waals surface area contributed by atoms with Crippen molar-refractivity contribution >= 4 is 0 Å². The van der Waals surface area contributed by atoms with E-state index < -0.39 is 0 Å². The summed E-state index contributed by atoms with van der Waals surface area (Å²) in [5, 5.41) is 3.59. The molecule has 1 N–H and O–H groups in total. The summed E-state index contributed by atoms with van der Waals surface area (Å²) in [4.78, 5) is 4.43. The van der Waals surface area contributed by atoms with Crippen molar-refractivity contribution in [1.29, 1.82) is 0 Å². The number of aromatic nitrogens is 2. The molecule has 18 heavy (non-hydrogen) atoms. The largest absolute Gasteiger partial charge is 0.334 e. The Hall–Kier alpha value is -0.830. The Labute approximate surface area is 111 Å². The molecule has 0 saturated heterocycles. The second kappa shape index (κ2) is 6.93. The van der Waals surface area contributed by atoms with E-state index in [4.69, 9.17) is 0 Å². The van der Waals surface area contributed by atoms with Gasteiger partial charge >= 0.3 is 0 Å². The van der Waals surface area contributed by atoms with E-state index in [9.17, 15) is 0 Å². The van der Waals surface area contributed by atoms with Gasteiger partial charge in [0.25, 0.3) is 0 Å². The fourth-order valence-electron chi connectivity index (χ4n) is 3.08. The number of aryl methyl sites for hydroxylation is 1. The van der Waals surface area contributed by atoms with E-state index in [1.165, 1.54) is 37.9 Å². The third-order valence-electron chi connectivity index (χ3n) is 4.03. The summed E-state index contributed by atoms with van der Waals surface area (Å²) < 4.78 is 2.26. The minimum absolute atomic E-state index is 0.878. The van der Waals surface area contributed by atoms with Gasteiger partial charge in [0.05, 0.1) is 6.54 Å². The van der Waals surface area contributed by atoms with Gasteiger partial charge in [-0.3, -0.25) is 0 Å². The van der Waals surface area contributed by atoms with Crippen molar-refractivity contribution < 1.29 is 0 Å². The SMILES string of the molecule is CCCn1ccnc1CNCC1CCCC(C)C1.